The third-order valence-electron chi connectivity index (χ3n) is 4.89. The minimum absolute atomic E-state index is 0.0117. The lowest BCUT2D eigenvalue weighted by Crippen LogP contribution is -2.50. The van der Waals surface area contributed by atoms with Crippen LogP contribution in [0.1, 0.15) is 22.9 Å². The molecule has 0 unspecified atom stereocenters. The Morgan fingerprint density at radius 2 is 2.15 bits per heavy atom. The fourth-order valence-corrected chi connectivity index (χ4v) is 4.51. The number of fused-ring (bicyclic) bond motifs is 2. The summed E-state index contributed by atoms with van der Waals surface area (Å²) in [5, 5.41) is 6.03. The molecule has 5 nitrogen and oxygen atoms in total. The number of nitrogens with zero attached hydrogens (tertiary/aromatic N) is 1. The van der Waals surface area contributed by atoms with E-state index in [0.717, 1.165) is 22.9 Å². The molecule has 2 amide bonds. The van der Waals surface area contributed by atoms with E-state index in [-0.39, 0.29) is 11.8 Å². The molecular weight excluding hydrogens is 346 g/mol. The summed E-state index contributed by atoms with van der Waals surface area (Å²) >= 11 is 1.75. The first-order valence-corrected chi connectivity index (χ1v) is 9.66. The average molecular weight is 367 g/mol. The van der Waals surface area contributed by atoms with Crippen LogP contribution < -0.4 is 5.32 Å². The van der Waals surface area contributed by atoms with Gasteiger partial charge >= 0.3 is 0 Å². The fourth-order valence-electron chi connectivity index (χ4n) is 3.62. The molecule has 134 valence electrons. The smallest absolute Gasteiger partial charge is 0.245 e. The van der Waals surface area contributed by atoms with Crippen LogP contribution >= 0.6 is 11.3 Å². The second kappa shape index (κ2) is 6.96. The van der Waals surface area contributed by atoms with Gasteiger partial charge in [0, 0.05) is 48.4 Å². The maximum absolute atomic E-state index is 13.1. The second-order valence-corrected chi connectivity index (χ2v) is 7.70. The molecule has 1 aromatic carbocycles. The maximum Gasteiger partial charge on any atom is 0.245 e. The number of rotatable bonds is 4. The van der Waals surface area contributed by atoms with Gasteiger partial charge < -0.3 is 15.2 Å². The average Bonchev–Trinajstić information content (AvgIpc) is 3.26. The number of para-hydroxylation sites is 1. The van der Waals surface area contributed by atoms with E-state index >= 15 is 0 Å². The molecule has 1 aliphatic rings. The molecule has 0 radical (unpaired) electrons. The molecule has 0 spiro atoms. The zero-order valence-electron chi connectivity index (χ0n) is 14.6. The second-order valence-electron chi connectivity index (χ2n) is 6.70. The molecule has 1 atom stereocenters. The Kier molecular flexibility index (Phi) is 4.51. The zero-order chi connectivity index (χ0) is 18.1. The highest BCUT2D eigenvalue weighted by molar-refractivity contribution is 7.10. The molecule has 1 aliphatic heterocycles. The summed E-state index contributed by atoms with van der Waals surface area (Å²) in [6, 6.07) is 9.55. The molecule has 26 heavy (non-hydrogen) atoms. The van der Waals surface area contributed by atoms with Crippen LogP contribution in [0.2, 0.25) is 0 Å². The number of hydrogen-bond donors (Lipinski definition) is 2. The molecule has 0 saturated heterocycles. The van der Waals surface area contributed by atoms with Crippen molar-refractivity contribution in [3.05, 3.63) is 57.9 Å². The van der Waals surface area contributed by atoms with Gasteiger partial charge in [-0.05, 0) is 35.1 Å². The van der Waals surface area contributed by atoms with E-state index in [0.29, 0.717) is 19.5 Å². The van der Waals surface area contributed by atoms with Crippen LogP contribution in [0.4, 0.5) is 0 Å². The summed E-state index contributed by atoms with van der Waals surface area (Å²) in [6.45, 7) is 2.79. The van der Waals surface area contributed by atoms with Gasteiger partial charge in [-0.2, -0.15) is 0 Å². The quantitative estimate of drug-likeness (QED) is 0.745. The molecule has 0 aliphatic carbocycles. The molecule has 3 heterocycles. The van der Waals surface area contributed by atoms with Gasteiger partial charge in [-0.15, -0.1) is 11.3 Å². The Hall–Kier alpha value is -2.60. The van der Waals surface area contributed by atoms with Crippen molar-refractivity contribution in [2.24, 2.45) is 0 Å². The van der Waals surface area contributed by atoms with Crippen molar-refractivity contribution in [3.8, 4) is 0 Å². The number of carbonyl (C=O) groups excluding carboxylic acids is 2. The number of aromatic amines is 1. The van der Waals surface area contributed by atoms with Gasteiger partial charge in [-0.25, -0.2) is 0 Å². The Labute approximate surface area is 156 Å². The number of carbonyl (C=O) groups is 2. The minimum atomic E-state index is -0.549. The van der Waals surface area contributed by atoms with Crippen molar-refractivity contribution < 1.29 is 9.59 Å². The van der Waals surface area contributed by atoms with Gasteiger partial charge in [-0.3, -0.25) is 9.59 Å². The molecular formula is C20H21N3O2S. The van der Waals surface area contributed by atoms with Gasteiger partial charge in [-0.1, -0.05) is 18.2 Å². The van der Waals surface area contributed by atoms with Gasteiger partial charge in [0.15, 0.2) is 0 Å². The van der Waals surface area contributed by atoms with Crippen LogP contribution in [-0.2, 0) is 29.0 Å². The van der Waals surface area contributed by atoms with E-state index in [1.54, 1.807) is 11.3 Å². The lowest BCUT2D eigenvalue weighted by molar-refractivity contribution is -0.136. The van der Waals surface area contributed by atoms with Crippen molar-refractivity contribution >= 4 is 34.1 Å². The van der Waals surface area contributed by atoms with E-state index in [2.05, 4.69) is 21.7 Å². The predicted molar refractivity (Wildman–Crippen MR) is 103 cm³/mol. The fraction of sp³-hybridized carbons (Fsp3) is 0.300. The van der Waals surface area contributed by atoms with Crippen molar-refractivity contribution in [2.45, 2.75) is 32.4 Å². The van der Waals surface area contributed by atoms with E-state index in [4.69, 9.17) is 0 Å². The zero-order valence-corrected chi connectivity index (χ0v) is 15.4. The van der Waals surface area contributed by atoms with E-state index in [1.165, 1.54) is 17.4 Å². The van der Waals surface area contributed by atoms with E-state index in [1.807, 2.05) is 35.4 Å². The van der Waals surface area contributed by atoms with Crippen LogP contribution in [0.15, 0.2) is 41.9 Å². The van der Waals surface area contributed by atoms with E-state index in [9.17, 15) is 9.59 Å². The number of nitrogens with one attached hydrogen (secondary N) is 2. The minimum Gasteiger partial charge on any atom is -0.361 e. The van der Waals surface area contributed by atoms with Gasteiger partial charge in [0.2, 0.25) is 11.8 Å². The summed E-state index contributed by atoms with van der Waals surface area (Å²) < 4.78 is 0. The topological polar surface area (TPSA) is 65.2 Å². The summed E-state index contributed by atoms with van der Waals surface area (Å²) in [4.78, 5) is 31.3. The van der Waals surface area contributed by atoms with Crippen LogP contribution in [0.5, 0.6) is 0 Å². The standard InChI is InChI=1S/C20H21N3O2S/c1-13(24)22-18(10-15-11-21-17-5-3-2-4-16(15)17)20(25)23-8-6-19-14(12-23)7-9-26-19/h2-5,7,9,11,18,21H,6,8,10,12H2,1H3,(H,22,24)/t18-/m1/s1. The monoisotopic (exact) mass is 367 g/mol. The Morgan fingerprint density at radius 3 is 3.00 bits per heavy atom. The van der Waals surface area contributed by atoms with E-state index < -0.39 is 6.04 Å². The van der Waals surface area contributed by atoms with Crippen molar-refractivity contribution in [3.63, 3.8) is 0 Å². The van der Waals surface area contributed by atoms with Crippen LogP contribution in [0.3, 0.4) is 0 Å². The number of hydrogen-bond acceptors (Lipinski definition) is 3. The molecule has 6 heteroatoms. The van der Waals surface area contributed by atoms with Crippen LogP contribution in [0, 0.1) is 0 Å². The summed E-state index contributed by atoms with van der Waals surface area (Å²) in [6.07, 6.45) is 3.30. The molecule has 0 bridgehead atoms. The maximum atomic E-state index is 13.1. The number of benzene rings is 1. The predicted octanol–water partition coefficient (Wildman–Crippen LogP) is 2.86. The van der Waals surface area contributed by atoms with Gasteiger partial charge in [0.1, 0.15) is 6.04 Å². The SMILES string of the molecule is CC(=O)N[C@H](Cc1c[nH]c2ccccc12)C(=O)N1CCc2sccc2C1. The number of H-pyrrole nitrogens is 1. The molecule has 2 N–H and O–H groups in total. The summed E-state index contributed by atoms with van der Waals surface area (Å²) in [5.41, 5.74) is 3.31. The number of thiophene rings is 1. The normalized spacial score (nSPS) is 14.9. The summed E-state index contributed by atoms with van der Waals surface area (Å²) in [5.74, 6) is -0.196. The molecule has 0 fully saturated rings. The molecule has 0 saturated carbocycles. The first kappa shape index (κ1) is 16.8. The molecule has 4 rings (SSSR count). The first-order chi connectivity index (χ1) is 12.6. The third-order valence-corrected chi connectivity index (χ3v) is 5.92. The van der Waals surface area contributed by atoms with Gasteiger partial charge in [0.05, 0.1) is 0 Å². The third kappa shape index (κ3) is 3.24. The van der Waals surface area contributed by atoms with Crippen molar-refractivity contribution in [1.82, 2.24) is 15.2 Å². The Bertz CT molecular complexity index is 959. The highest BCUT2D eigenvalue weighted by atomic mass is 32.1. The van der Waals surface area contributed by atoms with Crippen molar-refractivity contribution in [2.75, 3.05) is 6.54 Å². The highest BCUT2D eigenvalue weighted by Crippen LogP contribution is 2.25. The van der Waals surface area contributed by atoms with Crippen molar-refractivity contribution in [1.29, 1.82) is 0 Å². The number of aromatic nitrogens is 1. The Balaban J connectivity index is 1.56. The lowest BCUT2D eigenvalue weighted by atomic mass is 10.0. The lowest BCUT2D eigenvalue weighted by Gasteiger charge is -2.30. The molecule has 2 aromatic heterocycles. The summed E-state index contributed by atoms with van der Waals surface area (Å²) in [7, 11) is 0. The first-order valence-electron chi connectivity index (χ1n) is 8.78. The van der Waals surface area contributed by atoms with Crippen LogP contribution in [-0.4, -0.2) is 34.3 Å². The highest BCUT2D eigenvalue weighted by Gasteiger charge is 2.29. The van der Waals surface area contributed by atoms with Crippen LogP contribution in [0.25, 0.3) is 10.9 Å². The largest absolute Gasteiger partial charge is 0.361 e. The van der Waals surface area contributed by atoms with Gasteiger partial charge in [0.25, 0.3) is 0 Å². The number of amides is 2. The molecule has 3 aromatic rings. The Morgan fingerprint density at radius 1 is 1.31 bits per heavy atom.